The van der Waals surface area contributed by atoms with E-state index in [-0.39, 0.29) is 0 Å². The molecule has 0 spiro atoms. The van der Waals surface area contributed by atoms with Crippen molar-refractivity contribution >= 4 is 33.1 Å². The molecule has 0 N–H and O–H groups in total. The number of likely N-dealkylation sites (tertiary alicyclic amines) is 2. The topological polar surface area (TPSA) is 46.6 Å². The number of halogens is 2. The molecule has 0 bridgehead atoms. The Labute approximate surface area is 463 Å². The molecule has 3 aliphatic rings. The van der Waals surface area contributed by atoms with E-state index in [9.17, 15) is 0 Å². The zero-order valence-corrected chi connectivity index (χ0v) is 48.9. The minimum atomic E-state index is 0.390. The third-order valence-electron chi connectivity index (χ3n) is 14.6. The summed E-state index contributed by atoms with van der Waals surface area (Å²) in [5.41, 5.74) is 7.54. The van der Waals surface area contributed by atoms with Gasteiger partial charge in [-0.1, -0.05) is 150 Å². The van der Waals surface area contributed by atoms with Crippen LogP contribution in [0.5, 0.6) is 0 Å². The second kappa shape index (κ2) is 33.6. The Bertz CT molecular complexity index is 2420. The van der Waals surface area contributed by atoms with E-state index < -0.39 is 0 Å². The Balaban J connectivity index is 0.000000183. The number of benzene rings is 4. The Morgan fingerprint density at radius 2 is 1.05 bits per heavy atom. The van der Waals surface area contributed by atoms with Crippen LogP contribution in [0, 0.1) is 40.9 Å². The molecule has 3 aliphatic heterocycles. The molecule has 4 heterocycles. The number of nitriles is 1. The van der Waals surface area contributed by atoms with Gasteiger partial charge in [-0.2, -0.15) is 5.26 Å². The smallest absolute Gasteiger partial charge is 0.177 e. The molecule has 2 fully saturated rings. The van der Waals surface area contributed by atoms with Crippen LogP contribution in [0.4, 0.5) is 0 Å². The maximum atomic E-state index is 8.84. The SMILES string of the molecule is CC(C)CCCN1CC=C(c2ccccc2)CC1.CC(C)CCCN1CCC(c2ccc(Br)cc2)CC1.CC(C)CCCN1CCC(c2ccc(C#N)cc2)CC1.CC(C)c1ccc(C#Cc2ccc(Cl)cc2)o1. The van der Waals surface area contributed by atoms with Crippen LogP contribution in [0.25, 0.3) is 5.57 Å². The van der Waals surface area contributed by atoms with Crippen molar-refractivity contribution in [2.24, 2.45) is 17.8 Å². The van der Waals surface area contributed by atoms with E-state index in [4.69, 9.17) is 21.3 Å². The molecule has 0 radical (unpaired) electrons. The molecule has 0 unspecified atom stereocenters. The van der Waals surface area contributed by atoms with Gasteiger partial charge in [0.25, 0.3) is 0 Å². The Morgan fingerprint density at radius 1 is 0.568 bits per heavy atom. The van der Waals surface area contributed by atoms with Crippen molar-refractivity contribution in [1.82, 2.24) is 14.7 Å². The van der Waals surface area contributed by atoms with Crippen LogP contribution in [-0.4, -0.2) is 73.6 Å². The lowest BCUT2D eigenvalue weighted by Crippen LogP contribution is -2.33. The van der Waals surface area contributed by atoms with Gasteiger partial charge in [-0.15, -0.1) is 0 Å². The van der Waals surface area contributed by atoms with Crippen LogP contribution in [0.1, 0.15) is 183 Å². The van der Waals surface area contributed by atoms with Gasteiger partial charge < -0.3 is 14.2 Å². The van der Waals surface area contributed by atoms with Gasteiger partial charge in [-0.3, -0.25) is 4.90 Å². The van der Waals surface area contributed by atoms with Gasteiger partial charge in [0.05, 0.1) is 11.6 Å². The summed E-state index contributed by atoms with van der Waals surface area (Å²) in [6.07, 6.45) is 16.9. The molecule has 0 amide bonds. The largest absolute Gasteiger partial charge is 0.452 e. The molecule has 0 atom stereocenters. The van der Waals surface area contributed by atoms with E-state index in [1.54, 1.807) is 0 Å². The summed E-state index contributed by atoms with van der Waals surface area (Å²) >= 11 is 9.31. The van der Waals surface area contributed by atoms with E-state index in [2.05, 4.69) is 177 Å². The van der Waals surface area contributed by atoms with Gasteiger partial charge in [-0.05, 0) is 235 Å². The summed E-state index contributed by atoms with van der Waals surface area (Å²) in [5.74, 6) is 12.1. The van der Waals surface area contributed by atoms with Crippen molar-refractivity contribution in [2.75, 3.05) is 58.9 Å². The van der Waals surface area contributed by atoms with Crippen LogP contribution in [-0.2, 0) is 0 Å². The highest BCUT2D eigenvalue weighted by Gasteiger charge is 2.22. The molecule has 5 nitrogen and oxygen atoms in total. The normalized spacial score (nSPS) is 15.8. The summed E-state index contributed by atoms with van der Waals surface area (Å²) in [4.78, 5) is 7.84. The molecule has 1 aromatic heterocycles. The monoisotopic (exact) mass is 1080 g/mol. The second-order valence-electron chi connectivity index (χ2n) is 22.4. The summed E-state index contributed by atoms with van der Waals surface area (Å²) < 4.78 is 6.77. The first-order valence-corrected chi connectivity index (χ1v) is 29.5. The molecule has 0 aliphatic carbocycles. The third kappa shape index (κ3) is 23.2. The van der Waals surface area contributed by atoms with Crippen LogP contribution < -0.4 is 0 Å². The fourth-order valence-electron chi connectivity index (χ4n) is 9.94. The Kier molecular flexibility index (Phi) is 27.4. The molecule has 74 heavy (non-hydrogen) atoms. The number of hydrogen-bond donors (Lipinski definition) is 0. The van der Waals surface area contributed by atoms with Crippen molar-refractivity contribution < 1.29 is 4.42 Å². The van der Waals surface area contributed by atoms with Crippen LogP contribution in [0.2, 0.25) is 5.02 Å². The molecule has 2 saturated heterocycles. The summed E-state index contributed by atoms with van der Waals surface area (Å²) in [6, 6.07) is 41.4. The first kappa shape index (κ1) is 60.5. The summed E-state index contributed by atoms with van der Waals surface area (Å²) in [7, 11) is 0. The molecule has 7 heteroatoms. The maximum Gasteiger partial charge on any atom is 0.177 e. The number of furan rings is 1. The van der Waals surface area contributed by atoms with Crippen molar-refractivity contribution in [1.29, 1.82) is 5.26 Å². The van der Waals surface area contributed by atoms with Gasteiger partial charge in [-0.25, -0.2) is 0 Å². The van der Waals surface area contributed by atoms with Crippen molar-refractivity contribution in [2.45, 2.75) is 144 Å². The fourth-order valence-corrected chi connectivity index (χ4v) is 10.3. The lowest BCUT2D eigenvalue weighted by atomic mass is 9.89. The molecule has 8 rings (SSSR count). The lowest BCUT2D eigenvalue weighted by molar-refractivity contribution is 0.206. The highest BCUT2D eigenvalue weighted by atomic mass is 79.9. The predicted octanol–water partition coefficient (Wildman–Crippen LogP) is 17.9. The maximum absolute atomic E-state index is 8.84. The van der Waals surface area contributed by atoms with Crippen LogP contribution in [0.15, 0.2) is 130 Å². The number of piperidine rings is 2. The first-order chi connectivity index (χ1) is 35.7. The lowest BCUT2D eigenvalue weighted by Gasteiger charge is -2.32. The van der Waals surface area contributed by atoms with E-state index in [0.29, 0.717) is 17.6 Å². The number of nitrogens with zero attached hydrogens (tertiary/aromatic N) is 4. The van der Waals surface area contributed by atoms with Crippen molar-refractivity contribution in [3.05, 3.63) is 170 Å². The highest BCUT2D eigenvalue weighted by molar-refractivity contribution is 9.10. The van der Waals surface area contributed by atoms with Crippen LogP contribution in [0.3, 0.4) is 0 Å². The Hall–Kier alpha value is -4.40. The molecular formula is C67H90BrClN4O. The van der Waals surface area contributed by atoms with E-state index in [1.165, 1.54) is 150 Å². The quantitative estimate of drug-likeness (QED) is 0.0922. The van der Waals surface area contributed by atoms with E-state index in [0.717, 1.165) is 52.1 Å². The molecule has 398 valence electrons. The van der Waals surface area contributed by atoms with Gasteiger partial charge in [0.15, 0.2) is 5.76 Å². The van der Waals surface area contributed by atoms with Crippen molar-refractivity contribution in [3.8, 4) is 17.9 Å². The van der Waals surface area contributed by atoms with E-state index >= 15 is 0 Å². The Morgan fingerprint density at radius 3 is 1.50 bits per heavy atom. The second-order valence-corrected chi connectivity index (χ2v) is 23.7. The first-order valence-electron chi connectivity index (χ1n) is 28.3. The number of rotatable bonds is 16. The highest BCUT2D eigenvalue weighted by Crippen LogP contribution is 2.30. The average molecular weight is 1080 g/mol. The van der Waals surface area contributed by atoms with E-state index in [1.807, 2.05) is 48.5 Å². The molecule has 5 aromatic rings. The summed E-state index contributed by atoms with van der Waals surface area (Å²) in [5, 5.41) is 9.56. The zero-order chi connectivity index (χ0) is 53.1. The van der Waals surface area contributed by atoms with Gasteiger partial charge in [0.2, 0.25) is 0 Å². The standard InChI is InChI=1S/C18H26N2.C17H26BrN.C17H25N.C15H13ClO/c1-15(2)4-3-11-20-12-9-18(10-13-20)17-7-5-16(14-19)6-8-17;1-14(2)4-3-11-19-12-9-16(10-13-19)15-5-7-17(18)8-6-15;1-15(2)7-6-12-18-13-10-17(11-14-18)16-8-4-3-5-9-16;1-11(2)15-10-9-14(17-15)8-5-12-3-6-13(16)7-4-12/h5-8,15,18H,3-4,9-13H2,1-2H3;5-8,14,16H,3-4,9-13H2,1-2H3;3-5,8-10,15H,6-7,11-14H2,1-2H3;3-4,6-7,9-11H,1-2H3. The van der Waals surface area contributed by atoms with Crippen molar-refractivity contribution in [3.63, 3.8) is 0 Å². The molecule has 4 aromatic carbocycles. The van der Waals surface area contributed by atoms with Gasteiger partial charge in [0.1, 0.15) is 5.76 Å². The zero-order valence-electron chi connectivity index (χ0n) is 46.6. The summed E-state index contributed by atoms with van der Waals surface area (Å²) in [6.45, 7) is 29.2. The fraction of sp³-hybridized carbons (Fsp3) is 0.507. The molecule has 0 saturated carbocycles. The minimum Gasteiger partial charge on any atom is -0.452 e. The number of hydrogen-bond acceptors (Lipinski definition) is 5. The van der Waals surface area contributed by atoms with Crippen LogP contribution >= 0.6 is 27.5 Å². The minimum absolute atomic E-state index is 0.390. The van der Waals surface area contributed by atoms with Gasteiger partial charge in [0, 0.05) is 34.1 Å². The predicted molar refractivity (Wildman–Crippen MR) is 320 cm³/mol. The van der Waals surface area contributed by atoms with Gasteiger partial charge >= 0.3 is 0 Å². The average Bonchev–Trinajstić information content (AvgIpc) is 3.90. The third-order valence-corrected chi connectivity index (χ3v) is 15.4. The molecular weight excluding hydrogens is 992 g/mol.